The van der Waals surface area contributed by atoms with Crippen LogP contribution in [0.15, 0.2) is 70.6 Å². The fourth-order valence-electron chi connectivity index (χ4n) is 3.38. The van der Waals surface area contributed by atoms with Gasteiger partial charge in [0, 0.05) is 26.2 Å². The number of carbonyl (C=O) groups excluding carboxylic acids is 1. The highest BCUT2D eigenvalue weighted by Gasteiger charge is 2.30. The molecule has 8 nitrogen and oxygen atoms in total. The predicted octanol–water partition coefficient (Wildman–Crippen LogP) is 0.930. The Morgan fingerprint density at radius 3 is 2.31 bits per heavy atom. The number of sulfonamides is 1. The van der Waals surface area contributed by atoms with Gasteiger partial charge in [0.05, 0.1) is 22.1 Å². The fraction of sp³-hybridized carbons (Fsp3) is 0.250. The average molecular weight is 412 g/mol. The number of hydrogen-bond acceptors (Lipinski definition) is 5. The van der Waals surface area contributed by atoms with Gasteiger partial charge < -0.3 is 4.90 Å². The lowest BCUT2D eigenvalue weighted by atomic mass is 10.2. The minimum atomic E-state index is -3.57. The first-order chi connectivity index (χ1) is 14.0. The SMILES string of the molecule is O=C(Cn1cnc2ccccc2c1=O)N1CCN(S(=O)(=O)c2ccccc2)CC1. The number of carbonyl (C=O) groups is 1. The van der Waals surface area contributed by atoms with Crippen molar-refractivity contribution in [2.24, 2.45) is 0 Å². The zero-order chi connectivity index (χ0) is 20.4. The number of rotatable bonds is 4. The normalized spacial score (nSPS) is 15.5. The Hall–Kier alpha value is -3.04. The summed E-state index contributed by atoms with van der Waals surface area (Å²) in [6, 6.07) is 15.2. The molecule has 0 bridgehead atoms. The summed E-state index contributed by atoms with van der Waals surface area (Å²) in [5.74, 6) is -0.235. The molecule has 0 radical (unpaired) electrons. The van der Waals surface area contributed by atoms with E-state index in [-0.39, 0.29) is 49.1 Å². The standard InChI is InChI=1S/C20H20N4O4S/c25-19(14-23-15-21-18-9-5-4-8-17(18)20(23)26)22-10-12-24(13-11-22)29(27,28)16-6-2-1-3-7-16/h1-9,15H,10-14H2. The Labute approximate surface area is 168 Å². The molecule has 0 unspecified atom stereocenters. The van der Waals surface area contributed by atoms with E-state index in [2.05, 4.69) is 4.98 Å². The smallest absolute Gasteiger partial charge is 0.261 e. The van der Waals surface area contributed by atoms with E-state index in [1.807, 2.05) is 0 Å². The van der Waals surface area contributed by atoms with Gasteiger partial charge in [0.25, 0.3) is 5.56 Å². The van der Waals surface area contributed by atoms with Crippen LogP contribution in [0.1, 0.15) is 0 Å². The minimum absolute atomic E-state index is 0.123. The van der Waals surface area contributed by atoms with Gasteiger partial charge in [0.15, 0.2) is 0 Å². The van der Waals surface area contributed by atoms with Crippen molar-refractivity contribution in [3.63, 3.8) is 0 Å². The van der Waals surface area contributed by atoms with E-state index in [0.717, 1.165) is 0 Å². The number of fused-ring (bicyclic) bond motifs is 1. The Morgan fingerprint density at radius 2 is 1.59 bits per heavy atom. The van der Waals surface area contributed by atoms with Gasteiger partial charge in [-0.2, -0.15) is 4.31 Å². The number of piperazine rings is 1. The van der Waals surface area contributed by atoms with Crippen LogP contribution in [0.4, 0.5) is 0 Å². The second kappa shape index (κ2) is 7.76. The van der Waals surface area contributed by atoms with Gasteiger partial charge >= 0.3 is 0 Å². The maximum Gasteiger partial charge on any atom is 0.261 e. The fourth-order valence-corrected chi connectivity index (χ4v) is 4.83. The van der Waals surface area contributed by atoms with Gasteiger partial charge in [-0.1, -0.05) is 30.3 Å². The van der Waals surface area contributed by atoms with Crippen molar-refractivity contribution in [3.8, 4) is 0 Å². The van der Waals surface area contributed by atoms with Crippen molar-refractivity contribution < 1.29 is 13.2 Å². The summed E-state index contributed by atoms with van der Waals surface area (Å²) >= 11 is 0. The molecule has 0 atom stereocenters. The van der Waals surface area contributed by atoms with Gasteiger partial charge in [-0.3, -0.25) is 14.2 Å². The van der Waals surface area contributed by atoms with Crippen LogP contribution < -0.4 is 5.56 Å². The molecule has 1 saturated heterocycles. The Balaban J connectivity index is 1.43. The summed E-state index contributed by atoms with van der Waals surface area (Å²) in [6.07, 6.45) is 1.37. The highest BCUT2D eigenvalue weighted by molar-refractivity contribution is 7.89. The number of nitrogens with zero attached hydrogens (tertiary/aromatic N) is 4. The van der Waals surface area contributed by atoms with E-state index in [1.54, 1.807) is 59.5 Å². The summed E-state index contributed by atoms with van der Waals surface area (Å²) in [4.78, 5) is 31.3. The third-order valence-electron chi connectivity index (χ3n) is 5.01. The van der Waals surface area contributed by atoms with E-state index in [0.29, 0.717) is 10.9 Å². The third-order valence-corrected chi connectivity index (χ3v) is 6.92. The number of amides is 1. The van der Waals surface area contributed by atoms with Gasteiger partial charge in [-0.25, -0.2) is 13.4 Å². The highest BCUT2D eigenvalue weighted by Crippen LogP contribution is 2.17. The summed E-state index contributed by atoms with van der Waals surface area (Å²) in [7, 11) is -3.57. The molecule has 29 heavy (non-hydrogen) atoms. The summed E-state index contributed by atoms with van der Waals surface area (Å²) in [5.41, 5.74) is 0.315. The van der Waals surface area contributed by atoms with Crippen LogP contribution in [-0.4, -0.2) is 59.3 Å². The molecule has 3 aromatic rings. The molecule has 1 fully saturated rings. The molecule has 1 aliphatic heterocycles. The van der Waals surface area contributed by atoms with Gasteiger partial charge in [-0.05, 0) is 24.3 Å². The summed E-state index contributed by atoms with van der Waals surface area (Å²) < 4.78 is 28.1. The maximum absolute atomic E-state index is 12.7. The summed E-state index contributed by atoms with van der Waals surface area (Å²) in [6.45, 7) is 0.866. The second-order valence-corrected chi connectivity index (χ2v) is 8.73. The minimum Gasteiger partial charge on any atom is -0.338 e. The van der Waals surface area contributed by atoms with Crippen LogP contribution in [0.2, 0.25) is 0 Å². The quantitative estimate of drug-likeness (QED) is 0.636. The lowest BCUT2D eigenvalue weighted by Gasteiger charge is -2.34. The van der Waals surface area contributed by atoms with Crippen LogP contribution in [-0.2, 0) is 21.4 Å². The molecule has 1 aliphatic rings. The van der Waals surface area contributed by atoms with Crippen LogP contribution in [0.25, 0.3) is 10.9 Å². The van der Waals surface area contributed by atoms with Crippen molar-refractivity contribution in [1.82, 2.24) is 18.8 Å². The van der Waals surface area contributed by atoms with Crippen molar-refractivity contribution in [3.05, 3.63) is 71.3 Å². The first kappa shape index (κ1) is 19.3. The van der Waals surface area contributed by atoms with E-state index < -0.39 is 10.0 Å². The number of aromatic nitrogens is 2. The van der Waals surface area contributed by atoms with Gasteiger partial charge in [0.2, 0.25) is 15.9 Å². The van der Waals surface area contributed by atoms with Crippen LogP contribution in [0.3, 0.4) is 0 Å². The van der Waals surface area contributed by atoms with Gasteiger partial charge in [-0.15, -0.1) is 0 Å². The molecule has 1 aromatic heterocycles. The average Bonchev–Trinajstić information content (AvgIpc) is 2.76. The number of para-hydroxylation sites is 1. The molecular formula is C20H20N4O4S. The van der Waals surface area contributed by atoms with Crippen molar-refractivity contribution in [2.45, 2.75) is 11.4 Å². The predicted molar refractivity (Wildman–Crippen MR) is 108 cm³/mol. The molecule has 1 amide bonds. The monoisotopic (exact) mass is 412 g/mol. The molecule has 150 valence electrons. The second-order valence-electron chi connectivity index (χ2n) is 6.79. The lowest BCUT2D eigenvalue weighted by Crippen LogP contribution is -2.51. The first-order valence-corrected chi connectivity index (χ1v) is 10.7. The molecule has 9 heteroatoms. The molecule has 0 spiro atoms. The molecule has 2 aromatic carbocycles. The molecule has 4 rings (SSSR count). The molecule has 0 N–H and O–H groups in total. The van der Waals surface area contributed by atoms with E-state index in [1.165, 1.54) is 15.2 Å². The van der Waals surface area contributed by atoms with E-state index >= 15 is 0 Å². The largest absolute Gasteiger partial charge is 0.338 e. The molecule has 2 heterocycles. The zero-order valence-corrected chi connectivity index (χ0v) is 16.5. The van der Waals surface area contributed by atoms with Crippen LogP contribution >= 0.6 is 0 Å². The Morgan fingerprint density at radius 1 is 0.931 bits per heavy atom. The van der Waals surface area contributed by atoms with E-state index in [9.17, 15) is 18.0 Å². The maximum atomic E-state index is 12.7. The molecular weight excluding hydrogens is 392 g/mol. The van der Waals surface area contributed by atoms with E-state index in [4.69, 9.17) is 0 Å². The van der Waals surface area contributed by atoms with Crippen LogP contribution in [0, 0.1) is 0 Å². The first-order valence-electron chi connectivity index (χ1n) is 9.24. The van der Waals surface area contributed by atoms with Crippen molar-refractivity contribution >= 4 is 26.8 Å². The topological polar surface area (TPSA) is 92.6 Å². The molecule has 0 saturated carbocycles. The molecule has 0 aliphatic carbocycles. The number of benzene rings is 2. The van der Waals surface area contributed by atoms with Crippen LogP contribution in [0.5, 0.6) is 0 Å². The summed E-state index contributed by atoms with van der Waals surface area (Å²) in [5, 5.41) is 0.460. The zero-order valence-electron chi connectivity index (χ0n) is 15.6. The Bertz CT molecular complexity index is 1200. The third kappa shape index (κ3) is 3.79. The Kier molecular flexibility index (Phi) is 5.16. The number of hydrogen-bond donors (Lipinski definition) is 0. The highest BCUT2D eigenvalue weighted by atomic mass is 32.2. The van der Waals surface area contributed by atoms with Gasteiger partial charge in [0.1, 0.15) is 6.54 Å². The van der Waals surface area contributed by atoms with Crippen molar-refractivity contribution in [2.75, 3.05) is 26.2 Å². The lowest BCUT2D eigenvalue weighted by molar-refractivity contribution is -0.133. The van der Waals surface area contributed by atoms with Crippen molar-refractivity contribution in [1.29, 1.82) is 0 Å².